The van der Waals surface area contributed by atoms with Gasteiger partial charge in [-0.3, -0.25) is 4.79 Å². The highest BCUT2D eigenvalue weighted by atomic mass is 16.5. The van der Waals surface area contributed by atoms with E-state index in [9.17, 15) is 9.59 Å². The topological polar surface area (TPSA) is 99.0 Å². The molecule has 0 aliphatic heterocycles. The van der Waals surface area contributed by atoms with E-state index < -0.39 is 5.97 Å². The van der Waals surface area contributed by atoms with Gasteiger partial charge in [-0.25, -0.2) is 4.79 Å². The molecule has 0 saturated heterocycles. The Bertz CT molecular complexity index is 893. The van der Waals surface area contributed by atoms with Gasteiger partial charge in [0.1, 0.15) is 6.33 Å². The lowest BCUT2D eigenvalue weighted by Gasteiger charge is -2.10. The number of aromatic nitrogens is 4. The van der Waals surface area contributed by atoms with Crippen molar-refractivity contribution in [3.8, 4) is 5.69 Å². The summed E-state index contributed by atoms with van der Waals surface area (Å²) in [6.45, 7) is 2.02. The number of rotatable bonds is 5. The van der Waals surface area contributed by atoms with E-state index in [-0.39, 0.29) is 12.5 Å². The number of para-hydroxylation sites is 1. The molecule has 126 valence electrons. The second kappa shape index (κ2) is 7.35. The maximum absolute atomic E-state index is 12.6. The molecule has 3 rings (SSSR count). The summed E-state index contributed by atoms with van der Waals surface area (Å²) in [5, 5.41) is 13.7. The van der Waals surface area contributed by atoms with Crippen molar-refractivity contribution < 1.29 is 14.3 Å². The molecule has 1 N–H and O–H groups in total. The fraction of sp³-hybridized carbons (Fsp3) is 0.118. The lowest BCUT2D eigenvalue weighted by molar-refractivity contribution is 0.0526. The average Bonchev–Trinajstić information content (AvgIpc) is 3.17. The third kappa shape index (κ3) is 3.69. The van der Waals surface area contributed by atoms with Gasteiger partial charge in [-0.15, -0.1) is 5.10 Å². The maximum atomic E-state index is 12.6. The minimum absolute atomic E-state index is 0.286. The molecule has 0 spiro atoms. The summed E-state index contributed by atoms with van der Waals surface area (Å²) in [7, 11) is 0. The van der Waals surface area contributed by atoms with Crippen molar-refractivity contribution in [2.45, 2.75) is 6.92 Å². The van der Waals surface area contributed by atoms with Gasteiger partial charge in [0, 0.05) is 5.69 Å². The molecule has 8 heteroatoms. The van der Waals surface area contributed by atoms with Crippen LogP contribution in [-0.2, 0) is 4.74 Å². The molecule has 25 heavy (non-hydrogen) atoms. The SMILES string of the molecule is CCOC(=O)c1cccc(NC(=O)c2ccccc2-n2cnnn2)c1. The molecule has 0 unspecified atom stereocenters. The molecular formula is C17H15N5O3. The Morgan fingerprint density at radius 1 is 1.16 bits per heavy atom. The van der Waals surface area contributed by atoms with Gasteiger partial charge >= 0.3 is 5.97 Å². The number of ether oxygens (including phenoxy) is 1. The second-order valence-electron chi connectivity index (χ2n) is 5.03. The van der Waals surface area contributed by atoms with Crippen molar-refractivity contribution in [3.63, 3.8) is 0 Å². The molecule has 3 aromatic rings. The molecule has 1 heterocycles. The summed E-state index contributed by atoms with van der Waals surface area (Å²) in [4.78, 5) is 24.4. The first-order valence-corrected chi connectivity index (χ1v) is 7.60. The van der Waals surface area contributed by atoms with Crippen LogP contribution in [0.2, 0.25) is 0 Å². The zero-order valence-corrected chi connectivity index (χ0v) is 13.4. The summed E-state index contributed by atoms with van der Waals surface area (Å²) in [6.07, 6.45) is 1.41. The van der Waals surface area contributed by atoms with Gasteiger partial charge in [-0.05, 0) is 47.7 Å². The first-order valence-electron chi connectivity index (χ1n) is 7.60. The van der Waals surface area contributed by atoms with Crippen LogP contribution in [0.3, 0.4) is 0 Å². The van der Waals surface area contributed by atoms with Crippen LogP contribution in [0.4, 0.5) is 5.69 Å². The van der Waals surface area contributed by atoms with Crippen molar-refractivity contribution >= 4 is 17.6 Å². The molecule has 1 aromatic heterocycles. The zero-order valence-electron chi connectivity index (χ0n) is 13.4. The van der Waals surface area contributed by atoms with E-state index in [0.717, 1.165) is 0 Å². The van der Waals surface area contributed by atoms with E-state index in [4.69, 9.17) is 4.74 Å². The number of nitrogens with one attached hydrogen (secondary N) is 1. The fourth-order valence-electron chi connectivity index (χ4n) is 2.27. The number of tetrazole rings is 1. The highest BCUT2D eigenvalue weighted by Gasteiger charge is 2.14. The molecular weight excluding hydrogens is 322 g/mol. The Kier molecular flexibility index (Phi) is 4.79. The van der Waals surface area contributed by atoms with Crippen LogP contribution in [0, 0.1) is 0 Å². The van der Waals surface area contributed by atoms with Crippen LogP contribution in [0.5, 0.6) is 0 Å². The van der Waals surface area contributed by atoms with Crippen molar-refractivity contribution in [1.29, 1.82) is 0 Å². The fourth-order valence-corrected chi connectivity index (χ4v) is 2.27. The molecule has 0 radical (unpaired) electrons. The van der Waals surface area contributed by atoms with Gasteiger partial charge < -0.3 is 10.1 Å². The van der Waals surface area contributed by atoms with Crippen molar-refractivity contribution in [2.75, 3.05) is 11.9 Å². The molecule has 0 aliphatic rings. The van der Waals surface area contributed by atoms with Gasteiger partial charge in [0.25, 0.3) is 5.91 Å². The van der Waals surface area contributed by atoms with E-state index in [1.807, 2.05) is 0 Å². The van der Waals surface area contributed by atoms with Crippen molar-refractivity contribution in [1.82, 2.24) is 20.2 Å². The number of carbonyl (C=O) groups is 2. The quantitative estimate of drug-likeness (QED) is 0.716. The summed E-state index contributed by atoms with van der Waals surface area (Å²) in [5.74, 6) is -0.778. The molecule has 2 aromatic carbocycles. The van der Waals surface area contributed by atoms with Crippen LogP contribution in [0.25, 0.3) is 5.69 Å². The predicted octanol–water partition coefficient (Wildman–Crippen LogP) is 2.09. The second-order valence-corrected chi connectivity index (χ2v) is 5.03. The number of hydrogen-bond acceptors (Lipinski definition) is 6. The van der Waals surface area contributed by atoms with E-state index in [1.54, 1.807) is 55.5 Å². The number of carbonyl (C=O) groups excluding carboxylic acids is 2. The van der Waals surface area contributed by atoms with Gasteiger partial charge in [-0.2, -0.15) is 4.68 Å². The standard InChI is InChI=1S/C17H15N5O3/c1-2-25-17(24)12-6-5-7-13(10-12)19-16(23)14-8-3-4-9-15(14)22-11-18-20-21-22/h3-11H,2H2,1H3,(H,19,23). The molecule has 0 fully saturated rings. The maximum Gasteiger partial charge on any atom is 0.338 e. The van der Waals surface area contributed by atoms with Gasteiger partial charge in [-0.1, -0.05) is 18.2 Å². The molecule has 1 amide bonds. The Labute approximate surface area is 143 Å². The van der Waals surface area contributed by atoms with Crippen LogP contribution in [-0.4, -0.2) is 38.7 Å². The molecule has 8 nitrogen and oxygen atoms in total. The largest absolute Gasteiger partial charge is 0.462 e. The lowest BCUT2D eigenvalue weighted by Crippen LogP contribution is -2.16. The number of anilines is 1. The van der Waals surface area contributed by atoms with E-state index in [2.05, 4.69) is 20.8 Å². The van der Waals surface area contributed by atoms with Gasteiger partial charge in [0.2, 0.25) is 0 Å². The first kappa shape index (κ1) is 16.3. The first-order chi connectivity index (χ1) is 12.2. The molecule has 0 aliphatic carbocycles. The minimum atomic E-state index is -0.437. The smallest absolute Gasteiger partial charge is 0.338 e. The predicted molar refractivity (Wildman–Crippen MR) is 89.5 cm³/mol. The number of hydrogen-bond donors (Lipinski definition) is 1. The molecule has 0 saturated carbocycles. The average molecular weight is 337 g/mol. The Hall–Kier alpha value is -3.55. The summed E-state index contributed by atoms with van der Waals surface area (Å²) < 4.78 is 6.37. The van der Waals surface area contributed by atoms with Gasteiger partial charge in [0.05, 0.1) is 23.4 Å². The number of nitrogens with zero attached hydrogens (tertiary/aromatic N) is 4. The van der Waals surface area contributed by atoms with Crippen LogP contribution in [0.15, 0.2) is 54.9 Å². The van der Waals surface area contributed by atoms with E-state index >= 15 is 0 Å². The Morgan fingerprint density at radius 2 is 2.00 bits per heavy atom. The van der Waals surface area contributed by atoms with E-state index in [0.29, 0.717) is 22.5 Å². The van der Waals surface area contributed by atoms with Crippen LogP contribution in [0.1, 0.15) is 27.6 Å². The summed E-state index contributed by atoms with van der Waals surface area (Å²) in [6, 6.07) is 13.5. The monoisotopic (exact) mass is 337 g/mol. The van der Waals surface area contributed by atoms with Crippen molar-refractivity contribution in [2.24, 2.45) is 0 Å². The van der Waals surface area contributed by atoms with Crippen molar-refractivity contribution in [3.05, 3.63) is 66.0 Å². The lowest BCUT2D eigenvalue weighted by atomic mass is 10.1. The summed E-state index contributed by atoms with van der Waals surface area (Å²) in [5.41, 5.74) is 1.80. The number of amides is 1. The van der Waals surface area contributed by atoms with Gasteiger partial charge in [0.15, 0.2) is 0 Å². The van der Waals surface area contributed by atoms with E-state index in [1.165, 1.54) is 11.0 Å². The Balaban J connectivity index is 1.84. The number of esters is 1. The highest BCUT2D eigenvalue weighted by molar-refractivity contribution is 6.07. The molecule has 0 bridgehead atoms. The highest BCUT2D eigenvalue weighted by Crippen LogP contribution is 2.17. The van der Waals surface area contributed by atoms with Crippen LogP contribution < -0.4 is 5.32 Å². The van der Waals surface area contributed by atoms with Crippen LogP contribution >= 0.6 is 0 Å². The third-order valence-corrected chi connectivity index (χ3v) is 3.38. The summed E-state index contributed by atoms with van der Waals surface area (Å²) >= 11 is 0. The number of benzene rings is 2. The molecule has 0 atom stereocenters. The zero-order chi connectivity index (χ0) is 17.6. The normalized spacial score (nSPS) is 10.3. The third-order valence-electron chi connectivity index (χ3n) is 3.38. The Morgan fingerprint density at radius 3 is 2.76 bits per heavy atom. The minimum Gasteiger partial charge on any atom is -0.462 e.